The minimum atomic E-state index is -0.839. The van der Waals surface area contributed by atoms with Crippen molar-refractivity contribution in [2.75, 3.05) is 19.8 Å². The van der Waals surface area contributed by atoms with Crippen LogP contribution in [0.25, 0.3) is 0 Å². The van der Waals surface area contributed by atoms with Gasteiger partial charge in [0, 0.05) is 32.6 Å². The molecule has 5 heteroatoms. The van der Waals surface area contributed by atoms with Gasteiger partial charge in [0.1, 0.15) is 0 Å². The number of hydrogen-bond donors (Lipinski definition) is 2. The SMILES string of the molecule is CC(C)OC(=O)NCC1(O)CCOCC1. The molecule has 15 heavy (non-hydrogen) atoms. The fourth-order valence-corrected chi connectivity index (χ4v) is 1.42. The molecule has 5 nitrogen and oxygen atoms in total. The summed E-state index contributed by atoms with van der Waals surface area (Å²) in [5.74, 6) is 0. The first kappa shape index (κ1) is 12.3. The van der Waals surface area contributed by atoms with Crippen LogP contribution in [-0.4, -0.2) is 42.7 Å². The molecule has 1 saturated heterocycles. The first-order chi connectivity index (χ1) is 7.02. The molecule has 0 spiro atoms. The number of carbonyl (C=O) groups excluding carboxylic acids is 1. The maximum atomic E-state index is 11.2. The zero-order chi connectivity index (χ0) is 11.3. The molecule has 1 heterocycles. The van der Waals surface area contributed by atoms with Crippen molar-refractivity contribution in [3.63, 3.8) is 0 Å². The number of alkyl carbamates (subject to hydrolysis) is 1. The molecule has 88 valence electrons. The van der Waals surface area contributed by atoms with Crippen LogP contribution in [0.15, 0.2) is 0 Å². The number of carbonyl (C=O) groups is 1. The second-order valence-electron chi connectivity index (χ2n) is 4.14. The summed E-state index contributed by atoms with van der Waals surface area (Å²) in [5, 5.41) is 12.6. The number of rotatable bonds is 3. The van der Waals surface area contributed by atoms with E-state index in [-0.39, 0.29) is 12.6 Å². The molecule has 0 aliphatic carbocycles. The molecule has 0 aromatic heterocycles. The Bertz CT molecular complexity index is 211. The zero-order valence-corrected chi connectivity index (χ0v) is 9.28. The Morgan fingerprint density at radius 3 is 2.67 bits per heavy atom. The second-order valence-corrected chi connectivity index (χ2v) is 4.14. The van der Waals surface area contributed by atoms with Crippen LogP contribution < -0.4 is 5.32 Å². The molecular formula is C10H19NO4. The normalized spacial score (nSPS) is 20.0. The summed E-state index contributed by atoms with van der Waals surface area (Å²) < 4.78 is 10.0. The van der Waals surface area contributed by atoms with Crippen molar-refractivity contribution in [3.8, 4) is 0 Å². The molecule has 0 bridgehead atoms. The standard InChI is InChI=1S/C10H19NO4/c1-8(2)15-9(12)11-7-10(13)3-5-14-6-4-10/h8,13H,3-7H2,1-2H3,(H,11,12). The van der Waals surface area contributed by atoms with Gasteiger partial charge in [0.2, 0.25) is 0 Å². The molecule has 0 radical (unpaired) electrons. The van der Waals surface area contributed by atoms with Gasteiger partial charge in [0.15, 0.2) is 0 Å². The lowest BCUT2D eigenvalue weighted by atomic mass is 9.94. The van der Waals surface area contributed by atoms with Crippen molar-refractivity contribution < 1.29 is 19.4 Å². The fourth-order valence-electron chi connectivity index (χ4n) is 1.42. The van der Waals surface area contributed by atoms with Crippen molar-refractivity contribution in [3.05, 3.63) is 0 Å². The monoisotopic (exact) mass is 217 g/mol. The number of hydrogen-bond acceptors (Lipinski definition) is 4. The van der Waals surface area contributed by atoms with Crippen LogP contribution in [0.5, 0.6) is 0 Å². The highest BCUT2D eigenvalue weighted by molar-refractivity contribution is 5.67. The van der Waals surface area contributed by atoms with E-state index in [0.717, 1.165) is 0 Å². The lowest BCUT2D eigenvalue weighted by Crippen LogP contribution is -2.47. The van der Waals surface area contributed by atoms with E-state index >= 15 is 0 Å². The third-order valence-electron chi connectivity index (χ3n) is 2.33. The Balaban J connectivity index is 2.25. The lowest BCUT2D eigenvalue weighted by Gasteiger charge is -2.31. The number of amides is 1. The Morgan fingerprint density at radius 2 is 2.13 bits per heavy atom. The maximum Gasteiger partial charge on any atom is 0.407 e. The number of nitrogens with one attached hydrogen (secondary N) is 1. The predicted molar refractivity (Wildman–Crippen MR) is 54.6 cm³/mol. The smallest absolute Gasteiger partial charge is 0.407 e. The highest BCUT2D eigenvalue weighted by Gasteiger charge is 2.30. The van der Waals surface area contributed by atoms with Gasteiger partial charge in [-0.2, -0.15) is 0 Å². The van der Waals surface area contributed by atoms with Crippen LogP contribution in [0.4, 0.5) is 4.79 Å². The average molecular weight is 217 g/mol. The second kappa shape index (κ2) is 5.32. The minimum absolute atomic E-state index is 0.144. The van der Waals surface area contributed by atoms with Gasteiger partial charge in [-0.05, 0) is 13.8 Å². The largest absolute Gasteiger partial charge is 0.447 e. The van der Waals surface area contributed by atoms with Crippen LogP contribution in [0.3, 0.4) is 0 Å². The van der Waals surface area contributed by atoms with Crippen LogP contribution in [0.1, 0.15) is 26.7 Å². The van der Waals surface area contributed by atoms with Gasteiger partial charge in [0.25, 0.3) is 0 Å². The molecule has 0 saturated carbocycles. The molecule has 0 aromatic rings. The molecule has 1 fully saturated rings. The van der Waals surface area contributed by atoms with E-state index in [1.165, 1.54) is 0 Å². The summed E-state index contributed by atoms with van der Waals surface area (Å²) in [6, 6.07) is 0. The Morgan fingerprint density at radius 1 is 1.53 bits per heavy atom. The van der Waals surface area contributed by atoms with E-state index in [9.17, 15) is 9.90 Å². The van der Waals surface area contributed by atoms with E-state index in [1.54, 1.807) is 13.8 Å². The highest BCUT2D eigenvalue weighted by atomic mass is 16.6. The van der Waals surface area contributed by atoms with Crippen molar-refractivity contribution in [1.82, 2.24) is 5.32 Å². The molecule has 0 atom stereocenters. The topological polar surface area (TPSA) is 67.8 Å². The number of ether oxygens (including phenoxy) is 2. The first-order valence-corrected chi connectivity index (χ1v) is 5.26. The summed E-state index contributed by atoms with van der Waals surface area (Å²) in [5.41, 5.74) is -0.839. The fraction of sp³-hybridized carbons (Fsp3) is 0.900. The predicted octanol–water partition coefficient (Wildman–Crippen LogP) is 0.662. The van der Waals surface area contributed by atoms with Gasteiger partial charge in [-0.25, -0.2) is 4.79 Å². The van der Waals surface area contributed by atoms with Crippen LogP contribution >= 0.6 is 0 Å². The molecule has 1 aliphatic rings. The Kier molecular flexibility index (Phi) is 4.35. The Labute approximate surface area is 89.8 Å². The summed E-state index contributed by atoms with van der Waals surface area (Å²) in [4.78, 5) is 11.2. The molecule has 2 N–H and O–H groups in total. The van der Waals surface area contributed by atoms with E-state index < -0.39 is 11.7 Å². The molecule has 1 amide bonds. The van der Waals surface area contributed by atoms with Crippen molar-refractivity contribution in [1.29, 1.82) is 0 Å². The van der Waals surface area contributed by atoms with Gasteiger partial charge < -0.3 is 19.9 Å². The summed E-state index contributed by atoms with van der Waals surface area (Å²) in [7, 11) is 0. The van der Waals surface area contributed by atoms with Crippen LogP contribution in [0, 0.1) is 0 Å². The maximum absolute atomic E-state index is 11.2. The summed E-state index contributed by atoms with van der Waals surface area (Å²) in [6.45, 7) is 4.86. The van der Waals surface area contributed by atoms with Crippen molar-refractivity contribution in [2.24, 2.45) is 0 Å². The molecule has 1 rings (SSSR count). The van der Waals surface area contributed by atoms with Crippen molar-refractivity contribution in [2.45, 2.75) is 38.4 Å². The third kappa shape index (κ3) is 4.48. The minimum Gasteiger partial charge on any atom is -0.447 e. The summed E-state index contributed by atoms with van der Waals surface area (Å²) in [6.07, 6.45) is 0.475. The number of aliphatic hydroxyl groups is 1. The molecule has 1 aliphatic heterocycles. The van der Waals surface area contributed by atoms with Crippen molar-refractivity contribution >= 4 is 6.09 Å². The van der Waals surface area contributed by atoms with Crippen LogP contribution in [0.2, 0.25) is 0 Å². The Hall–Kier alpha value is -0.810. The van der Waals surface area contributed by atoms with Gasteiger partial charge in [-0.15, -0.1) is 0 Å². The lowest BCUT2D eigenvalue weighted by molar-refractivity contribution is -0.0614. The average Bonchev–Trinajstić information content (AvgIpc) is 2.15. The van der Waals surface area contributed by atoms with E-state index in [1.807, 2.05) is 0 Å². The third-order valence-corrected chi connectivity index (χ3v) is 2.33. The van der Waals surface area contributed by atoms with Crippen LogP contribution in [-0.2, 0) is 9.47 Å². The zero-order valence-electron chi connectivity index (χ0n) is 9.28. The first-order valence-electron chi connectivity index (χ1n) is 5.26. The summed E-state index contributed by atoms with van der Waals surface area (Å²) >= 11 is 0. The van der Waals surface area contributed by atoms with E-state index in [4.69, 9.17) is 9.47 Å². The van der Waals surface area contributed by atoms with Gasteiger partial charge >= 0.3 is 6.09 Å². The molecule has 0 unspecified atom stereocenters. The molecule has 0 aromatic carbocycles. The quantitative estimate of drug-likeness (QED) is 0.728. The van der Waals surface area contributed by atoms with E-state index in [0.29, 0.717) is 26.1 Å². The highest BCUT2D eigenvalue weighted by Crippen LogP contribution is 2.19. The van der Waals surface area contributed by atoms with Gasteiger partial charge in [-0.1, -0.05) is 0 Å². The molecular weight excluding hydrogens is 198 g/mol. The van der Waals surface area contributed by atoms with Gasteiger partial charge in [0.05, 0.1) is 11.7 Å². The van der Waals surface area contributed by atoms with E-state index in [2.05, 4.69) is 5.32 Å². The van der Waals surface area contributed by atoms with Gasteiger partial charge in [-0.3, -0.25) is 0 Å².